The van der Waals surface area contributed by atoms with Gasteiger partial charge in [-0.25, -0.2) is 4.98 Å². The maximum atomic E-state index is 12.7. The molecule has 1 aromatic carbocycles. The summed E-state index contributed by atoms with van der Waals surface area (Å²) in [5.74, 6) is -0.228. The smallest absolute Gasteiger partial charge is 0.206 e. The molecule has 0 spiro atoms. The number of pyridine rings is 1. The quantitative estimate of drug-likeness (QED) is 0.673. The van der Waals surface area contributed by atoms with E-state index in [2.05, 4.69) is 4.98 Å². The van der Waals surface area contributed by atoms with Gasteiger partial charge in [-0.15, -0.1) is 11.3 Å². The Morgan fingerprint density at radius 3 is 2.65 bits per heavy atom. The molecule has 3 aromatic rings. The van der Waals surface area contributed by atoms with E-state index in [0.717, 1.165) is 11.3 Å². The van der Waals surface area contributed by atoms with Crippen LogP contribution in [0.15, 0.2) is 24.3 Å². The number of aromatic nitrogens is 1. The molecule has 4 N–H and O–H groups in total. The number of halogens is 2. The fraction of sp³-hybridized carbons (Fsp3) is 0. The monoisotopic (exact) mass is 362 g/mol. The van der Waals surface area contributed by atoms with E-state index in [0.29, 0.717) is 25.7 Å². The van der Waals surface area contributed by atoms with Crippen LogP contribution in [0.4, 0.5) is 11.5 Å². The van der Waals surface area contributed by atoms with E-state index >= 15 is 0 Å². The second-order valence-electron chi connectivity index (χ2n) is 4.68. The Labute approximate surface area is 145 Å². The van der Waals surface area contributed by atoms with E-state index in [1.54, 1.807) is 12.1 Å². The zero-order chi connectivity index (χ0) is 16.7. The molecule has 2 aromatic heterocycles. The van der Waals surface area contributed by atoms with Crippen molar-refractivity contribution >= 4 is 62.0 Å². The summed E-state index contributed by atoms with van der Waals surface area (Å²) in [6, 6.07) is 8.08. The van der Waals surface area contributed by atoms with Crippen LogP contribution in [0.1, 0.15) is 20.8 Å². The summed E-state index contributed by atoms with van der Waals surface area (Å²) < 4.78 is 0. The van der Waals surface area contributed by atoms with Crippen LogP contribution in [0, 0.1) is 11.3 Å². The van der Waals surface area contributed by atoms with Gasteiger partial charge in [-0.1, -0.05) is 23.2 Å². The lowest BCUT2D eigenvalue weighted by atomic mass is 10.1. The van der Waals surface area contributed by atoms with Gasteiger partial charge in [0.25, 0.3) is 0 Å². The van der Waals surface area contributed by atoms with Crippen molar-refractivity contribution in [3.8, 4) is 6.07 Å². The van der Waals surface area contributed by atoms with Gasteiger partial charge in [0.2, 0.25) is 5.78 Å². The van der Waals surface area contributed by atoms with Gasteiger partial charge in [-0.2, -0.15) is 5.26 Å². The first-order valence-electron chi connectivity index (χ1n) is 6.30. The van der Waals surface area contributed by atoms with Crippen molar-refractivity contribution in [2.24, 2.45) is 0 Å². The summed E-state index contributed by atoms with van der Waals surface area (Å²) in [4.78, 5) is 17.6. The normalized spacial score (nSPS) is 10.7. The largest absolute Gasteiger partial charge is 0.397 e. The molecule has 5 nitrogen and oxygen atoms in total. The third-order valence-electron chi connectivity index (χ3n) is 3.25. The van der Waals surface area contributed by atoms with Crippen molar-refractivity contribution in [2.45, 2.75) is 0 Å². The zero-order valence-electron chi connectivity index (χ0n) is 11.4. The predicted molar refractivity (Wildman–Crippen MR) is 93.1 cm³/mol. The summed E-state index contributed by atoms with van der Waals surface area (Å²) in [6.07, 6.45) is 0. The predicted octanol–water partition coefficient (Wildman–Crippen LogP) is 3.87. The number of nitrogen functional groups attached to an aromatic ring is 2. The summed E-state index contributed by atoms with van der Waals surface area (Å²) in [7, 11) is 0. The molecular weight excluding hydrogens is 355 g/mol. The minimum Gasteiger partial charge on any atom is -0.397 e. The minimum absolute atomic E-state index is 0.102. The number of nitriles is 1. The van der Waals surface area contributed by atoms with Crippen molar-refractivity contribution < 1.29 is 4.79 Å². The molecule has 8 heteroatoms. The molecule has 114 valence electrons. The minimum atomic E-state index is -0.329. The van der Waals surface area contributed by atoms with Crippen molar-refractivity contribution in [3.05, 3.63) is 50.3 Å². The number of ketones is 1. The maximum absolute atomic E-state index is 12.7. The summed E-state index contributed by atoms with van der Waals surface area (Å²) in [5, 5.41) is 10.2. The van der Waals surface area contributed by atoms with Crippen LogP contribution in [0.25, 0.3) is 10.2 Å². The van der Waals surface area contributed by atoms with Gasteiger partial charge in [-0.3, -0.25) is 4.79 Å². The Bertz CT molecular complexity index is 1010. The van der Waals surface area contributed by atoms with Crippen molar-refractivity contribution in [3.63, 3.8) is 0 Å². The highest BCUT2D eigenvalue weighted by atomic mass is 35.5. The van der Waals surface area contributed by atoms with E-state index < -0.39 is 0 Å². The average Bonchev–Trinajstić information content (AvgIpc) is 2.82. The number of nitrogens with zero attached hydrogens (tertiary/aromatic N) is 2. The van der Waals surface area contributed by atoms with Crippen LogP contribution in [0.5, 0.6) is 0 Å². The highest BCUT2D eigenvalue weighted by Crippen LogP contribution is 2.36. The second kappa shape index (κ2) is 5.70. The number of benzene rings is 1. The van der Waals surface area contributed by atoms with Gasteiger partial charge in [-0.05, 0) is 24.3 Å². The molecule has 2 heterocycles. The third-order valence-corrected chi connectivity index (χ3v) is 4.91. The van der Waals surface area contributed by atoms with Gasteiger partial charge < -0.3 is 11.5 Å². The number of nitrogens with two attached hydrogens (primary N) is 2. The van der Waals surface area contributed by atoms with E-state index in [-0.39, 0.29) is 27.9 Å². The number of fused-ring (bicyclic) bond motifs is 1. The summed E-state index contributed by atoms with van der Waals surface area (Å²) >= 11 is 13.0. The Morgan fingerprint density at radius 1 is 1.26 bits per heavy atom. The SMILES string of the molecule is N#Cc1cc2c(N)c(C(=O)c3ccc(Cl)cc3Cl)sc2nc1N. The van der Waals surface area contributed by atoms with Crippen LogP contribution in [-0.4, -0.2) is 10.8 Å². The average molecular weight is 363 g/mol. The fourth-order valence-electron chi connectivity index (χ4n) is 2.11. The lowest BCUT2D eigenvalue weighted by Gasteiger charge is -2.03. The standard InChI is InChI=1S/C15H8Cl2N4OS/c16-7-1-2-8(10(17)4-7)12(22)13-11(19)9-3-6(5-18)14(20)21-15(9)23-13/h1-4H,19H2,(H2,20,21). The van der Waals surface area contributed by atoms with E-state index in [9.17, 15) is 4.79 Å². The Hall–Kier alpha value is -2.33. The fourth-order valence-corrected chi connectivity index (χ4v) is 3.64. The van der Waals surface area contributed by atoms with Crippen LogP contribution in [0.2, 0.25) is 10.0 Å². The molecule has 0 saturated carbocycles. The first-order valence-corrected chi connectivity index (χ1v) is 7.88. The van der Waals surface area contributed by atoms with Gasteiger partial charge in [0, 0.05) is 16.0 Å². The third kappa shape index (κ3) is 2.59. The van der Waals surface area contributed by atoms with Gasteiger partial charge >= 0.3 is 0 Å². The van der Waals surface area contributed by atoms with Crippen LogP contribution in [0.3, 0.4) is 0 Å². The van der Waals surface area contributed by atoms with Crippen molar-refractivity contribution in [1.82, 2.24) is 4.98 Å². The Balaban J connectivity index is 2.18. The molecular formula is C15H8Cl2N4OS. The lowest BCUT2D eigenvalue weighted by molar-refractivity contribution is 0.104. The van der Waals surface area contributed by atoms with Crippen LogP contribution < -0.4 is 11.5 Å². The first-order chi connectivity index (χ1) is 10.9. The Morgan fingerprint density at radius 2 is 2.00 bits per heavy atom. The molecule has 0 amide bonds. The van der Waals surface area contributed by atoms with Gasteiger partial charge in [0.1, 0.15) is 21.6 Å². The number of carbonyl (C=O) groups excluding carboxylic acids is 1. The molecule has 23 heavy (non-hydrogen) atoms. The van der Waals surface area contributed by atoms with Crippen molar-refractivity contribution in [2.75, 3.05) is 11.5 Å². The maximum Gasteiger partial charge on any atom is 0.206 e. The number of thiophene rings is 1. The Kier molecular flexibility index (Phi) is 3.86. The number of anilines is 2. The molecule has 0 radical (unpaired) electrons. The molecule has 0 aliphatic carbocycles. The molecule has 0 atom stereocenters. The highest BCUT2D eigenvalue weighted by molar-refractivity contribution is 7.21. The van der Waals surface area contributed by atoms with Gasteiger partial charge in [0.15, 0.2) is 0 Å². The van der Waals surface area contributed by atoms with E-state index in [4.69, 9.17) is 39.9 Å². The summed E-state index contributed by atoms with van der Waals surface area (Å²) in [6.45, 7) is 0. The van der Waals surface area contributed by atoms with E-state index in [1.165, 1.54) is 12.1 Å². The molecule has 3 rings (SSSR count). The van der Waals surface area contributed by atoms with E-state index in [1.807, 2.05) is 6.07 Å². The zero-order valence-corrected chi connectivity index (χ0v) is 13.8. The highest BCUT2D eigenvalue weighted by Gasteiger charge is 2.21. The molecule has 0 saturated heterocycles. The second-order valence-corrected chi connectivity index (χ2v) is 6.53. The number of hydrogen-bond acceptors (Lipinski definition) is 6. The number of rotatable bonds is 2. The van der Waals surface area contributed by atoms with Crippen molar-refractivity contribution in [1.29, 1.82) is 5.26 Å². The number of carbonyl (C=O) groups is 1. The molecule has 0 aliphatic heterocycles. The topological polar surface area (TPSA) is 106 Å². The summed E-state index contributed by atoms with van der Waals surface area (Å²) in [5.41, 5.74) is 12.5. The molecule has 0 fully saturated rings. The number of hydrogen-bond donors (Lipinski definition) is 2. The molecule has 0 aliphatic rings. The van der Waals surface area contributed by atoms with Crippen LogP contribution in [-0.2, 0) is 0 Å². The first kappa shape index (κ1) is 15.6. The lowest BCUT2D eigenvalue weighted by Crippen LogP contribution is -2.03. The van der Waals surface area contributed by atoms with Gasteiger partial charge in [0.05, 0.1) is 16.3 Å². The molecule has 0 unspecified atom stereocenters. The molecule has 0 bridgehead atoms. The van der Waals surface area contributed by atoms with Crippen LogP contribution >= 0.6 is 34.5 Å².